The smallest absolute Gasteiger partial charge is 0.273 e. The van der Waals surface area contributed by atoms with Gasteiger partial charge in [-0.15, -0.1) is 0 Å². The number of aromatic nitrogens is 2. The first kappa shape index (κ1) is 24.3. The summed E-state index contributed by atoms with van der Waals surface area (Å²) in [5.41, 5.74) is 0.331. The first-order chi connectivity index (χ1) is 16.3. The van der Waals surface area contributed by atoms with Crippen LogP contribution >= 0.6 is 11.6 Å². The Balaban J connectivity index is 1.53. The third kappa shape index (κ3) is 4.97. The predicted molar refractivity (Wildman–Crippen MR) is 130 cm³/mol. The number of hydrogen-bond donors (Lipinski definition) is 2. The van der Waals surface area contributed by atoms with Crippen molar-refractivity contribution in [2.45, 2.75) is 77.0 Å². The highest BCUT2D eigenvalue weighted by molar-refractivity contribution is 6.30. The largest absolute Gasteiger partial charge is 0.351 e. The standard InChI is InChI=1S/C25H32ClN5O3/c1-3-4-13-30-23(33)21-14-20(22(32)27-15-17-9-11-18(26)12-10-17)29-31(21)16-25(30,2)24(34)28-19-7-5-6-8-19/h9-12,14,19H,3-8,13,15-16H2,1-2H3,(H,27,32)(H,28,34). The molecule has 0 bridgehead atoms. The molecule has 9 heteroatoms. The summed E-state index contributed by atoms with van der Waals surface area (Å²) in [5, 5.41) is 11.0. The Morgan fingerprint density at radius 2 is 1.91 bits per heavy atom. The Kier molecular flexibility index (Phi) is 7.26. The molecule has 8 nitrogen and oxygen atoms in total. The van der Waals surface area contributed by atoms with Crippen LogP contribution in [0.3, 0.4) is 0 Å². The Morgan fingerprint density at radius 1 is 1.21 bits per heavy atom. The Bertz CT molecular complexity index is 1060. The second kappa shape index (κ2) is 10.2. The van der Waals surface area contributed by atoms with Gasteiger partial charge in [0, 0.05) is 30.2 Å². The number of carbonyl (C=O) groups excluding carboxylic acids is 3. The van der Waals surface area contributed by atoms with Gasteiger partial charge in [0.2, 0.25) is 5.91 Å². The molecule has 3 amide bonds. The number of unbranched alkanes of at least 4 members (excludes halogenated alkanes) is 1. The number of amides is 3. The van der Waals surface area contributed by atoms with E-state index < -0.39 is 5.54 Å². The average Bonchev–Trinajstić information content (AvgIpc) is 3.48. The van der Waals surface area contributed by atoms with Gasteiger partial charge in [-0.05, 0) is 43.9 Å². The molecule has 182 valence electrons. The third-order valence-electron chi connectivity index (χ3n) is 6.81. The first-order valence-electron chi connectivity index (χ1n) is 12.0. The summed E-state index contributed by atoms with van der Waals surface area (Å²) in [5.74, 6) is -0.798. The number of nitrogens with one attached hydrogen (secondary N) is 2. The summed E-state index contributed by atoms with van der Waals surface area (Å²) >= 11 is 5.91. The average molecular weight is 486 g/mol. The zero-order chi connectivity index (χ0) is 24.3. The highest BCUT2D eigenvalue weighted by Gasteiger charge is 2.48. The number of benzene rings is 1. The zero-order valence-electron chi connectivity index (χ0n) is 19.8. The van der Waals surface area contributed by atoms with Crippen molar-refractivity contribution >= 4 is 29.3 Å². The summed E-state index contributed by atoms with van der Waals surface area (Å²) in [6, 6.07) is 8.88. The van der Waals surface area contributed by atoms with E-state index in [-0.39, 0.29) is 36.0 Å². The van der Waals surface area contributed by atoms with Gasteiger partial charge in [0.1, 0.15) is 11.2 Å². The molecule has 2 N–H and O–H groups in total. The molecule has 1 unspecified atom stereocenters. The molecule has 1 saturated carbocycles. The van der Waals surface area contributed by atoms with E-state index in [1.807, 2.05) is 12.1 Å². The van der Waals surface area contributed by atoms with Gasteiger partial charge in [-0.1, -0.05) is 49.9 Å². The first-order valence-corrected chi connectivity index (χ1v) is 12.4. The number of fused-ring (bicyclic) bond motifs is 1. The highest BCUT2D eigenvalue weighted by atomic mass is 35.5. The van der Waals surface area contributed by atoms with Gasteiger partial charge in [-0.2, -0.15) is 5.10 Å². The lowest BCUT2D eigenvalue weighted by Crippen LogP contribution is -2.65. The van der Waals surface area contributed by atoms with Crippen LogP contribution in [0.1, 0.15) is 78.9 Å². The minimum Gasteiger partial charge on any atom is -0.351 e. The minimum absolute atomic E-state index is 0.153. The number of nitrogens with zero attached hydrogens (tertiary/aromatic N) is 3. The molecule has 1 atom stereocenters. The van der Waals surface area contributed by atoms with Crippen molar-refractivity contribution in [3.63, 3.8) is 0 Å². The Labute approximate surface area is 205 Å². The molecule has 1 fully saturated rings. The van der Waals surface area contributed by atoms with Gasteiger partial charge < -0.3 is 15.5 Å². The van der Waals surface area contributed by atoms with Gasteiger partial charge in [0.05, 0.1) is 6.54 Å². The normalized spacial score (nSPS) is 20.3. The van der Waals surface area contributed by atoms with Crippen LogP contribution in [0, 0.1) is 0 Å². The van der Waals surface area contributed by atoms with E-state index in [0.717, 1.165) is 44.1 Å². The molecule has 0 saturated heterocycles. The topological polar surface area (TPSA) is 96.3 Å². The molecule has 1 aliphatic heterocycles. The number of halogens is 1. The maximum atomic E-state index is 13.5. The van der Waals surface area contributed by atoms with Crippen molar-refractivity contribution in [1.29, 1.82) is 0 Å². The van der Waals surface area contributed by atoms with E-state index in [0.29, 0.717) is 23.8 Å². The van der Waals surface area contributed by atoms with Gasteiger partial charge in [-0.3, -0.25) is 19.1 Å². The van der Waals surface area contributed by atoms with Crippen molar-refractivity contribution in [2.75, 3.05) is 6.54 Å². The molecule has 2 aliphatic rings. The van der Waals surface area contributed by atoms with E-state index >= 15 is 0 Å². The minimum atomic E-state index is -1.06. The SMILES string of the molecule is CCCCN1C(=O)c2cc(C(=O)NCc3ccc(Cl)cc3)nn2CC1(C)C(=O)NC1CCCC1. The van der Waals surface area contributed by atoms with Gasteiger partial charge in [0.25, 0.3) is 11.8 Å². The third-order valence-corrected chi connectivity index (χ3v) is 7.06. The molecule has 0 radical (unpaired) electrons. The molecule has 1 aliphatic carbocycles. The lowest BCUT2D eigenvalue weighted by Gasteiger charge is -2.43. The second-order valence-electron chi connectivity index (χ2n) is 9.42. The summed E-state index contributed by atoms with van der Waals surface area (Å²) < 4.78 is 1.51. The lowest BCUT2D eigenvalue weighted by atomic mass is 9.94. The molecule has 0 spiro atoms. The fourth-order valence-corrected chi connectivity index (χ4v) is 4.83. The van der Waals surface area contributed by atoms with Crippen LogP contribution in [-0.2, 0) is 17.9 Å². The van der Waals surface area contributed by atoms with Crippen LogP contribution in [0.25, 0.3) is 0 Å². The fraction of sp³-hybridized carbons (Fsp3) is 0.520. The number of hydrogen-bond acceptors (Lipinski definition) is 4. The quantitative estimate of drug-likeness (QED) is 0.597. The van der Waals surface area contributed by atoms with E-state index in [1.165, 1.54) is 10.7 Å². The molecular weight excluding hydrogens is 454 g/mol. The summed E-state index contributed by atoms with van der Waals surface area (Å²) in [4.78, 5) is 41.3. The predicted octanol–water partition coefficient (Wildman–Crippen LogP) is 3.54. The summed E-state index contributed by atoms with van der Waals surface area (Å²) in [6.07, 6.45) is 5.85. The van der Waals surface area contributed by atoms with Crippen molar-refractivity contribution in [2.24, 2.45) is 0 Å². The summed E-state index contributed by atoms with van der Waals surface area (Å²) in [6.45, 7) is 4.86. The van der Waals surface area contributed by atoms with E-state index in [4.69, 9.17) is 11.6 Å². The molecule has 2 heterocycles. The zero-order valence-corrected chi connectivity index (χ0v) is 20.5. The number of carbonyl (C=O) groups is 3. The lowest BCUT2D eigenvalue weighted by molar-refractivity contribution is -0.133. The van der Waals surface area contributed by atoms with Crippen LogP contribution in [0.2, 0.25) is 5.02 Å². The maximum Gasteiger partial charge on any atom is 0.273 e. The maximum absolute atomic E-state index is 13.5. The van der Waals surface area contributed by atoms with Crippen LogP contribution < -0.4 is 10.6 Å². The fourth-order valence-electron chi connectivity index (χ4n) is 4.70. The van der Waals surface area contributed by atoms with Crippen LogP contribution in [-0.4, -0.2) is 50.5 Å². The molecule has 4 rings (SSSR count). The van der Waals surface area contributed by atoms with Gasteiger partial charge >= 0.3 is 0 Å². The van der Waals surface area contributed by atoms with Gasteiger partial charge in [-0.25, -0.2) is 0 Å². The van der Waals surface area contributed by atoms with E-state index in [2.05, 4.69) is 22.7 Å². The van der Waals surface area contributed by atoms with Crippen molar-refractivity contribution in [3.05, 3.63) is 52.3 Å². The molecule has 1 aromatic heterocycles. The summed E-state index contributed by atoms with van der Waals surface area (Å²) in [7, 11) is 0. The molecular formula is C25H32ClN5O3. The monoisotopic (exact) mass is 485 g/mol. The molecule has 1 aromatic carbocycles. The highest BCUT2D eigenvalue weighted by Crippen LogP contribution is 2.29. The molecule has 2 aromatic rings. The van der Waals surface area contributed by atoms with Gasteiger partial charge in [0.15, 0.2) is 5.69 Å². The molecule has 34 heavy (non-hydrogen) atoms. The second-order valence-corrected chi connectivity index (χ2v) is 9.86. The van der Waals surface area contributed by atoms with Crippen LogP contribution in [0.15, 0.2) is 30.3 Å². The van der Waals surface area contributed by atoms with E-state index in [9.17, 15) is 14.4 Å². The van der Waals surface area contributed by atoms with Crippen LogP contribution in [0.5, 0.6) is 0 Å². The number of rotatable bonds is 8. The van der Waals surface area contributed by atoms with Crippen molar-refractivity contribution in [3.8, 4) is 0 Å². The Morgan fingerprint density at radius 3 is 2.59 bits per heavy atom. The van der Waals surface area contributed by atoms with E-state index in [1.54, 1.807) is 24.0 Å². The van der Waals surface area contributed by atoms with Crippen LogP contribution in [0.4, 0.5) is 0 Å². The van der Waals surface area contributed by atoms with Crippen molar-refractivity contribution in [1.82, 2.24) is 25.3 Å². The van der Waals surface area contributed by atoms with Crippen molar-refractivity contribution < 1.29 is 14.4 Å². The Hall–Kier alpha value is -2.87.